The smallest absolute Gasteiger partial charge is 0.231 e. The molecule has 2 heterocycles. The molecule has 2 aliphatic rings. The molecule has 110 valence electrons. The third-order valence-electron chi connectivity index (χ3n) is 4.37. The summed E-state index contributed by atoms with van der Waals surface area (Å²) in [5.41, 5.74) is 1.19. The number of hydrogen-bond donors (Lipinski definition) is 1. The van der Waals surface area contributed by atoms with Gasteiger partial charge in [0.1, 0.15) is 0 Å². The van der Waals surface area contributed by atoms with E-state index in [0.717, 1.165) is 30.6 Å². The Morgan fingerprint density at radius 1 is 1.30 bits per heavy atom. The molecular formula is C16H24N2O2. The van der Waals surface area contributed by atoms with Gasteiger partial charge in [-0.1, -0.05) is 18.6 Å². The van der Waals surface area contributed by atoms with Gasteiger partial charge in [-0.3, -0.25) is 0 Å². The van der Waals surface area contributed by atoms with Gasteiger partial charge in [-0.05, 0) is 45.5 Å². The van der Waals surface area contributed by atoms with E-state index in [1.165, 1.54) is 37.8 Å². The Bertz CT molecular complexity index is 450. The van der Waals surface area contributed by atoms with Gasteiger partial charge in [-0.15, -0.1) is 0 Å². The number of fused-ring (bicyclic) bond motifs is 1. The fraction of sp³-hybridized carbons (Fsp3) is 0.625. The van der Waals surface area contributed by atoms with Crippen LogP contribution in [0.3, 0.4) is 0 Å². The predicted octanol–water partition coefficient (Wildman–Crippen LogP) is 2.38. The van der Waals surface area contributed by atoms with Crippen LogP contribution in [0.1, 0.15) is 31.2 Å². The zero-order valence-electron chi connectivity index (χ0n) is 12.2. The fourth-order valence-corrected chi connectivity index (χ4v) is 3.13. The molecule has 0 spiro atoms. The maximum atomic E-state index is 5.52. The molecule has 0 saturated carbocycles. The molecule has 1 aromatic rings. The van der Waals surface area contributed by atoms with Crippen molar-refractivity contribution in [3.05, 3.63) is 23.8 Å². The Kier molecular flexibility index (Phi) is 4.43. The van der Waals surface area contributed by atoms with Gasteiger partial charge in [0.2, 0.25) is 6.79 Å². The van der Waals surface area contributed by atoms with Crippen LogP contribution in [-0.4, -0.2) is 37.9 Å². The maximum Gasteiger partial charge on any atom is 0.231 e. The maximum absolute atomic E-state index is 5.52. The van der Waals surface area contributed by atoms with Gasteiger partial charge in [-0.25, -0.2) is 0 Å². The van der Waals surface area contributed by atoms with Crippen LogP contribution in [-0.2, 0) is 6.54 Å². The Labute approximate surface area is 121 Å². The zero-order valence-corrected chi connectivity index (χ0v) is 12.2. The van der Waals surface area contributed by atoms with E-state index in [-0.39, 0.29) is 0 Å². The van der Waals surface area contributed by atoms with E-state index in [4.69, 9.17) is 9.47 Å². The molecule has 1 aromatic carbocycles. The molecule has 1 atom stereocenters. The molecule has 4 heteroatoms. The molecule has 3 rings (SSSR count). The number of piperidine rings is 1. The van der Waals surface area contributed by atoms with Crippen LogP contribution >= 0.6 is 0 Å². The minimum Gasteiger partial charge on any atom is -0.454 e. The van der Waals surface area contributed by atoms with Crippen LogP contribution in [0.25, 0.3) is 0 Å². The van der Waals surface area contributed by atoms with Crippen molar-refractivity contribution in [2.45, 2.75) is 38.3 Å². The first-order chi connectivity index (χ1) is 9.84. The lowest BCUT2D eigenvalue weighted by Crippen LogP contribution is -2.38. The van der Waals surface area contributed by atoms with E-state index < -0.39 is 0 Å². The lowest BCUT2D eigenvalue weighted by Gasteiger charge is -2.32. The summed E-state index contributed by atoms with van der Waals surface area (Å²) in [4.78, 5) is 2.50. The van der Waals surface area contributed by atoms with Gasteiger partial charge < -0.3 is 19.7 Å². The molecule has 4 nitrogen and oxygen atoms in total. The topological polar surface area (TPSA) is 33.7 Å². The highest BCUT2D eigenvalue weighted by atomic mass is 16.7. The van der Waals surface area contributed by atoms with E-state index in [9.17, 15) is 0 Å². The Morgan fingerprint density at radius 2 is 2.25 bits per heavy atom. The number of ether oxygens (including phenoxy) is 2. The van der Waals surface area contributed by atoms with Crippen LogP contribution in [0.5, 0.6) is 11.5 Å². The number of nitrogens with zero attached hydrogens (tertiary/aromatic N) is 1. The highest BCUT2D eigenvalue weighted by molar-refractivity contribution is 5.48. The lowest BCUT2D eigenvalue weighted by atomic mass is 10.0. The Morgan fingerprint density at radius 3 is 3.15 bits per heavy atom. The van der Waals surface area contributed by atoms with Gasteiger partial charge in [-0.2, -0.15) is 0 Å². The van der Waals surface area contributed by atoms with Crippen LogP contribution < -0.4 is 14.8 Å². The van der Waals surface area contributed by atoms with E-state index in [2.05, 4.69) is 23.3 Å². The summed E-state index contributed by atoms with van der Waals surface area (Å²) in [6, 6.07) is 6.84. The number of nitrogens with one attached hydrogen (secondary N) is 1. The molecular weight excluding hydrogens is 252 g/mol. The summed E-state index contributed by atoms with van der Waals surface area (Å²) < 4.78 is 10.9. The van der Waals surface area contributed by atoms with Crippen LogP contribution in [0, 0.1) is 0 Å². The number of benzene rings is 1. The van der Waals surface area contributed by atoms with Gasteiger partial charge >= 0.3 is 0 Å². The van der Waals surface area contributed by atoms with Crippen molar-refractivity contribution in [2.24, 2.45) is 0 Å². The predicted molar refractivity (Wildman–Crippen MR) is 79.2 cm³/mol. The molecule has 1 fully saturated rings. The second-order valence-corrected chi connectivity index (χ2v) is 5.75. The van der Waals surface area contributed by atoms with Crippen molar-refractivity contribution >= 4 is 0 Å². The zero-order chi connectivity index (χ0) is 13.8. The summed E-state index contributed by atoms with van der Waals surface area (Å²) in [5, 5.41) is 3.54. The average Bonchev–Trinajstić information content (AvgIpc) is 2.94. The molecule has 0 bridgehead atoms. The van der Waals surface area contributed by atoms with Crippen molar-refractivity contribution < 1.29 is 9.47 Å². The van der Waals surface area contributed by atoms with Crippen molar-refractivity contribution in [2.75, 3.05) is 26.9 Å². The first-order valence-corrected chi connectivity index (χ1v) is 7.63. The molecule has 2 aliphatic heterocycles. The van der Waals surface area contributed by atoms with Gasteiger partial charge in [0.05, 0.1) is 0 Å². The normalized spacial score (nSPS) is 22.1. The molecule has 20 heavy (non-hydrogen) atoms. The highest BCUT2D eigenvalue weighted by Crippen LogP contribution is 2.35. The molecule has 0 amide bonds. The Hall–Kier alpha value is -1.26. The van der Waals surface area contributed by atoms with Gasteiger partial charge in [0, 0.05) is 18.2 Å². The number of hydrogen-bond acceptors (Lipinski definition) is 4. The molecule has 1 saturated heterocycles. The van der Waals surface area contributed by atoms with E-state index in [1.54, 1.807) is 0 Å². The molecule has 0 aromatic heterocycles. The van der Waals surface area contributed by atoms with Crippen molar-refractivity contribution in [3.8, 4) is 11.5 Å². The largest absolute Gasteiger partial charge is 0.454 e. The highest BCUT2D eigenvalue weighted by Gasteiger charge is 2.19. The number of para-hydroxylation sites is 1. The molecule has 0 aliphatic carbocycles. The minimum absolute atomic E-state index is 0.346. The average molecular weight is 276 g/mol. The monoisotopic (exact) mass is 276 g/mol. The summed E-state index contributed by atoms with van der Waals surface area (Å²) in [6.45, 7) is 3.50. The second kappa shape index (κ2) is 6.46. The van der Waals surface area contributed by atoms with Crippen LogP contribution in [0.4, 0.5) is 0 Å². The molecule has 1 N–H and O–H groups in total. The van der Waals surface area contributed by atoms with Crippen molar-refractivity contribution in [1.29, 1.82) is 0 Å². The first-order valence-electron chi connectivity index (χ1n) is 7.63. The van der Waals surface area contributed by atoms with E-state index in [1.807, 2.05) is 12.1 Å². The quantitative estimate of drug-likeness (QED) is 0.837. The number of rotatable bonds is 5. The molecule has 1 unspecified atom stereocenters. The second-order valence-electron chi connectivity index (χ2n) is 5.75. The number of likely N-dealkylation sites (tertiary alicyclic amines) is 1. The first kappa shape index (κ1) is 13.7. The SMILES string of the molecule is CN1CCCCC1CCNCc1cccc2c1OCO2. The summed E-state index contributed by atoms with van der Waals surface area (Å²) in [7, 11) is 2.25. The molecule has 0 radical (unpaired) electrons. The van der Waals surface area contributed by atoms with Crippen molar-refractivity contribution in [3.63, 3.8) is 0 Å². The third-order valence-corrected chi connectivity index (χ3v) is 4.37. The standard InChI is InChI=1S/C16H24N2O2/c1-18-10-3-2-6-14(18)8-9-17-11-13-5-4-7-15-16(13)20-12-19-15/h4-5,7,14,17H,2-3,6,8-12H2,1H3. The van der Waals surface area contributed by atoms with Crippen LogP contribution in [0.2, 0.25) is 0 Å². The fourth-order valence-electron chi connectivity index (χ4n) is 3.13. The summed E-state index contributed by atoms with van der Waals surface area (Å²) >= 11 is 0. The lowest BCUT2D eigenvalue weighted by molar-refractivity contribution is 0.172. The van der Waals surface area contributed by atoms with Crippen molar-refractivity contribution in [1.82, 2.24) is 10.2 Å². The van der Waals surface area contributed by atoms with Gasteiger partial charge in [0.15, 0.2) is 11.5 Å². The Balaban J connectivity index is 1.45. The summed E-state index contributed by atoms with van der Waals surface area (Å²) in [5.74, 6) is 1.78. The van der Waals surface area contributed by atoms with Gasteiger partial charge in [0.25, 0.3) is 0 Å². The summed E-state index contributed by atoms with van der Waals surface area (Å²) in [6.07, 6.45) is 5.30. The minimum atomic E-state index is 0.346. The van der Waals surface area contributed by atoms with E-state index in [0.29, 0.717) is 6.79 Å². The van der Waals surface area contributed by atoms with Crippen LogP contribution in [0.15, 0.2) is 18.2 Å². The van der Waals surface area contributed by atoms with E-state index >= 15 is 0 Å². The third kappa shape index (κ3) is 3.07.